The fraction of sp³-hybridized carbons (Fsp3) is 0.533. The number of nitrogens with zero attached hydrogens (tertiary/aromatic N) is 2. The summed E-state index contributed by atoms with van der Waals surface area (Å²) in [5.74, 6) is 0.870. The third-order valence-electron chi connectivity index (χ3n) is 3.44. The lowest BCUT2D eigenvalue weighted by molar-refractivity contribution is 0.0185. The van der Waals surface area contributed by atoms with Crippen LogP contribution in [0.25, 0.3) is 11.0 Å². The van der Waals surface area contributed by atoms with Crippen molar-refractivity contribution in [2.75, 3.05) is 20.8 Å². The molecule has 0 spiro atoms. The second-order valence-corrected chi connectivity index (χ2v) is 5.61. The van der Waals surface area contributed by atoms with Crippen LogP contribution in [0.1, 0.15) is 23.7 Å². The van der Waals surface area contributed by atoms with Gasteiger partial charge in [-0.05, 0) is 25.5 Å². The number of rotatable bonds is 6. The largest absolute Gasteiger partial charge is 0.382 e. The van der Waals surface area contributed by atoms with E-state index in [2.05, 4.69) is 23.6 Å². The topological polar surface area (TPSA) is 36.3 Å². The van der Waals surface area contributed by atoms with E-state index in [1.165, 1.54) is 0 Å². The van der Waals surface area contributed by atoms with Crippen molar-refractivity contribution in [1.29, 1.82) is 0 Å². The smallest absolute Gasteiger partial charge is 0.127 e. The molecule has 2 rings (SSSR count). The Morgan fingerprint density at radius 1 is 1.35 bits per heavy atom. The average molecular weight is 297 g/mol. The molecule has 0 radical (unpaired) electrons. The minimum atomic E-state index is -0.151. The molecule has 0 saturated carbocycles. The van der Waals surface area contributed by atoms with Gasteiger partial charge in [-0.1, -0.05) is 12.1 Å². The molecule has 110 valence electrons. The summed E-state index contributed by atoms with van der Waals surface area (Å²) in [6.45, 7) is 5.22. The van der Waals surface area contributed by atoms with Crippen molar-refractivity contribution < 1.29 is 9.47 Å². The number of methoxy groups -OCH3 is 2. The van der Waals surface area contributed by atoms with Crippen LogP contribution >= 0.6 is 11.6 Å². The van der Waals surface area contributed by atoms with Crippen molar-refractivity contribution in [2.45, 2.75) is 31.9 Å². The Morgan fingerprint density at radius 2 is 2.10 bits per heavy atom. The number of aryl methyl sites for hydroxylation is 1. The van der Waals surface area contributed by atoms with Crippen molar-refractivity contribution in [3.8, 4) is 0 Å². The molecule has 0 aliphatic carbocycles. The first-order valence-corrected chi connectivity index (χ1v) is 7.13. The number of alkyl halides is 1. The Morgan fingerprint density at radius 3 is 2.70 bits per heavy atom. The standard InChI is InChI=1S/C15H21ClN2O2/c1-10-6-5-7-13-14(10)17-15(11(2)16)18(13)8-12(20-4)9-19-3/h5-7,11-12H,8-9H2,1-4H3. The fourth-order valence-electron chi connectivity index (χ4n) is 2.39. The SMILES string of the molecule is COCC(Cn1c(C(C)Cl)nc2c(C)cccc21)OC. The van der Waals surface area contributed by atoms with Gasteiger partial charge in [-0.3, -0.25) is 0 Å². The highest BCUT2D eigenvalue weighted by molar-refractivity contribution is 6.20. The molecule has 2 atom stereocenters. The average Bonchev–Trinajstić information content (AvgIpc) is 2.79. The van der Waals surface area contributed by atoms with Gasteiger partial charge in [0.1, 0.15) is 5.82 Å². The molecule has 20 heavy (non-hydrogen) atoms. The van der Waals surface area contributed by atoms with Gasteiger partial charge in [-0.15, -0.1) is 11.6 Å². The normalized spacial score (nSPS) is 14.7. The van der Waals surface area contributed by atoms with Crippen LogP contribution in [0.5, 0.6) is 0 Å². The van der Waals surface area contributed by atoms with Crippen LogP contribution in [0, 0.1) is 6.92 Å². The van der Waals surface area contributed by atoms with Gasteiger partial charge >= 0.3 is 0 Å². The van der Waals surface area contributed by atoms with Crippen LogP contribution in [0.4, 0.5) is 0 Å². The molecule has 0 saturated heterocycles. The van der Waals surface area contributed by atoms with E-state index in [9.17, 15) is 0 Å². The van der Waals surface area contributed by atoms with Crippen LogP contribution in [0.15, 0.2) is 18.2 Å². The third-order valence-corrected chi connectivity index (χ3v) is 3.63. The number of ether oxygens (including phenoxy) is 2. The molecule has 2 aromatic rings. The molecular weight excluding hydrogens is 276 g/mol. The Hall–Kier alpha value is -1.10. The van der Waals surface area contributed by atoms with Crippen molar-refractivity contribution in [1.82, 2.24) is 9.55 Å². The second-order valence-electron chi connectivity index (χ2n) is 4.95. The van der Waals surface area contributed by atoms with Gasteiger partial charge in [-0.2, -0.15) is 0 Å². The van der Waals surface area contributed by atoms with Gasteiger partial charge in [0, 0.05) is 14.2 Å². The minimum absolute atomic E-state index is 0.0212. The van der Waals surface area contributed by atoms with E-state index < -0.39 is 0 Å². The van der Waals surface area contributed by atoms with E-state index in [0.29, 0.717) is 13.2 Å². The molecule has 0 aliphatic heterocycles. The number of para-hydroxylation sites is 1. The highest BCUT2D eigenvalue weighted by atomic mass is 35.5. The number of hydrogen-bond donors (Lipinski definition) is 0. The maximum absolute atomic E-state index is 6.28. The summed E-state index contributed by atoms with van der Waals surface area (Å²) >= 11 is 6.28. The lowest BCUT2D eigenvalue weighted by atomic mass is 10.2. The van der Waals surface area contributed by atoms with Crippen LogP contribution in [0.3, 0.4) is 0 Å². The summed E-state index contributed by atoms with van der Waals surface area (Å²) in [4.78, 5) is 4.69. The molecule has 0 amide bonds. The zero-order chi connectivity index (χ0) is 14.7. The van der Waals surface area contributed by atoms with Crippen LogP contribution in [-0.4, -0.2) is 36.5 Å². The van der Waals surface area contributed by atoms with Gasteiger partial charge < -0.3 is 14.0 Å². The highest BCUT2D eigenvalue weighted by Gasteiger charge is 2.19. The molecule has 1 heterocycles. The fourth-order valence-corrected chi connectivity index (χ4v) is 2.55. The number of aromatic nitrogens is 2. The predicted octanol–water partition coefficient (Wildman–Crippen LogP) is 3.31. The monoisotopic (exact) mass is 296 g/mol. The number of halogens is 1. The first-order valence-electron chi connectivity index (χ1n) is 6.70. The number of imidazole rings is 1. The molecular formula is C15H21ClN2O2. The van der Waals surface area contributed by atoms with E-state index in [-0.39, 0.29) is 11.5 Å². The predicted molar refractivity (Wildman–Crippen MR) is 81.4 cm³/mol. The van der Waals surface area contributed by atoms with Gasteiger partial charge in [0.25, 0.3) is 0 Å². The number of benzene rings is 1. The molecule has 5 heteroatoms. The molecule has 0 fully saturated rings. The quantitative estimate of drug-likeness (QED) is 0.767. The van der Waals surface area contributed by atoms with Crippen molar-refractivity contribution >= 4 is 22.6 Å². The first-order chi connectivity index (χ1) is 9.58. The van der Waals surface area contributed by atoms with Crippen molar-refractivity contribution in [2.24, 2.45) is 0 Å². The summed E-state index contributed by atoms with van der Waals surface area (Å²) in [6, 6.07) is 6.17. The minimum Gasteiger partial charge on any atom is -0.382 e. The maximum atomic E-state index is 6.28. The molecule has 4 nitrogen and oxygen atoms in total. The van der Waals surface area contributed by atoms with Crippen LogP contribution in [0.2, 0.25) is 0 Å². The summed E-state index contributed by atoms with van der Waals surface area (Å²) < 4.78 is 12.8. The van der Waals surface area contributed by atoms with E-state index in [4.69, 9.17) is 26.1 Å². The molecule has 1 aromatic heterocycles. The van der Waals surface area contributed by atoms with Gasteiger partial charge in [0.05, 0.1) is 35.7 Å². The molecule has 0 aliphatic rings. The summed E-state index contributed by atoms with van der Waals surface area (Å²) in [6.07, 6.45) is -0.0212. The van der Waals surface area contributed by atoms with E-state index in [1.54, 1.807) is 14.2 Å². The lowest BCUT2D eigenvalue weighted by Crippen LogP contribution is -2.24. The second kappa shape index (κ2) is 6.57. The molecule has 0 bridgehead atoms. The van der Waals surface area contributed by atoms with Gasteiger partial charge in [0.15, 0.2) is 0 Å². The summed E-state index contributed by atoms with van der Waals surface area (Å²) in [7, 11) is 3.37. The van der Waals surface area contributed by atoms with Gasteiger partial charge in [0.2, 0.25) is 0 Å². The molecule has 1 aromatic carbocycles. The van der Waals surface area contributed by atoms with Crippen LogP contribution in [-0.2, 0) is 16.0 Å². The van der Waals surface area contributed by atoms with Gasteiger partial charge in [-0.25, -0.2) is 4.98 Å². The maximum Gasteiger partial charge on any atom is 0.127 e. The number of hydrogen-bond acceptors (Lipinski definition) is 3. The van der Waals surface area contributed by atoms with Crippen molar-refractivity contribution in [3.63, 3.8) is 0 Å². The van der Waals surface area contributed by atoms with E-state index in [0.717, 1.165) is 22.4 Å². The molecule has 0 N–H and O–H groups in total. The van der Waals surface area contributed by atoms with E-state index in [1.807, 2.05) is 13.0 Å². The first kappa shape index (κ1) is 15.3. The highest BCUT2D eigenvalue weighted by Crippen LogP contribution is 2.26. The summed E-state index contributed by atoms with van der Waals surface area (Å²) in [5.41, 5.74) is 3.24. The zero-order valence-electron chi connectivity index (χ0n) is 12.4. The Labute approximate surface area is 124 Å². The van der Waals surface area contributed by atoms with Crippen LogP contribution < -0.4 is 0 Å². The zero-order valence-corrected chi connectivity index (χ0v) is 13.1. The summed E-state index contributed by atoms with van der Waals surface area (Å²) in [5, 5.41) is -0.151. The van der Waals surface area contributed by atoms with Crippen molar-refractivity contribution in [3.05, 3.63) is 29.6 Å². The third kappa shape index (κ3) is 2.97. The van der Waals surface area contributed by atoms with E-state index >= 15 is 0 Å². The Balaban J connectivity index is 2.48. The lowest BCUT2D eigenvalue weighted by Gasteiger charge is -2.18. The Bertz CT molecular complexity index is 581. The molecule has 2 unspecified atom stereocenters. The Kier molecular flexibility index (Phi) is 5.02. The number of fused-ring (bicyclic) bond motifs is 1.